The molecule has 0 unspecified atom stereocenters. The van der Waals surface area contributed by atoms with Crippen molar-refractivity contribution < 1.29 is 19.1 Å². The lowest BCUT2D eigenvalue weighted by molar-refractivity contribution is 0.0578. The molecule has 1 aliphatic heterocycles. The zero-order chi connectivity index (χ0) is 24.5. The highest BCUT2D eigenvalue weighted by atomic mass is 35.5. The fourth-order valence-electron chi connectivity index (χ4n) is 3.53. The number of rotatable bonds is 3. The largest absolute Gasteiger partial charge is 0.455 e. The van der Waals surface area contributed by atoms with Crippen LogP contribution in [0.15, 0.2) is 60.9 Å². The number of hydrogen-bond acceptors (Lipinski definition) is 5. The number of para-hydroxylation sites is 2. The van der Waals surface area contributed by atoms with Gasteiger partial charge in [-0.2, -0.15) is 0 Å². The third kappa shape index (κ3) is 5.11. The van der Waals surface area contributed by atoms with Gasteiger partial charge in [0.25, 0.3) is 5.91 Å². The van der Waals surface area contributed by atoms with Gasteiger partial charge in [0.1, 0.15) is 22.7 Å². The number of fused-ring (bicyclic) bond motifs is 1. The van der Waals surface area contributed by atoms with Crippen LogP contribution >= 0.6 is 23.2 Å². The minimum absolute atomic E-state index is 0.249. The summed E-state index contributed by atoms with van der Waals surface area (Å²) in [5.41, 5.74) is 0.780. The number of carbonyl (C=O) groups is 2. The zero-order valence-corrected chi connectivity index (χ0v) is 20.4. The molecule has 3 aromatic rings. The van der Waals surface area contributed by atoms with E-state index in [0.717, 1.165) is 0 Å². The molecule has 2 aromatic carbocycles. The van der Waals surface area contributed by atoms with Crippen molar-refractivity contribution in [2.24, 2.45) is 0 Å². The second-order valence-electron chi connectivity index (χ2n) is 8.63. The molecule has 1 aromatic heterocycles. The lowest BCUT2D eigenvalue weighted by Gasteiger charge is -2.37. The number of nitrogens with zero attached hydrogens (tertiary/aromatic N) is 3. The third-order valence-corrected chi connectivity index (χ3v) is 5.54. The summed E-state index contributed by atoms with van der Waals surface area (Å²) in [4.78, 5) is 33.7. The van der Waals surface area contributed by atoms with E-state index < -0.39 is 11.7 Å². The van der Waals surface area contributed by atoms with E-state index >= 15 is 0 Å². The van der Waals surface area contributed by atoms with Crippen LogP contribution in [0.5, 0.6) is 11.5 Å². The Bertz CT molecular complexity index is 1240. The molecular formula is C25H23Cl2N3O4. The number of carbonyl (C=O) groups excluding carboxylic acids is 2. The van der Waals surface area contributed by atoms with Gasteiger partial charge in [0.15, 0.2) is 0 Å². The molecule has 0 saturated carbocycles. The summed E-state index contributed by atoms with van der Waals surface area (Å²) < 4.78 is 11.5. The van der Waals surface area contributed by atoms with Gasteiger partial charge in [-0.25, -0.2) is 4.79 Å². The Morgan fingerprint density at radius 3 is 2.32 bits per heavy atom. The maximum atomic E-state index is 13.6. The van der Waals surface area contributed by atoms with Crippen molar-refractivity contribution in [1.82, 2.24) is 4.98 Å². The summed E-state index contributed by atoms with van der Waals surface area (Å²) in [6.45, 7) is 5.97. The topological polar surface area (TPSA) is 72.0 Å². The molecule has 9 heteroatoms. The summed E-state index contributed by atoms with van der Waals surface area (Å²) in [7, 11) is 0. The Kier molecular flexibility index (Phi) is 6.68. The molecular weight excluding hydrogens is 477 g/mol. The molecule has 34 heavy (non-hydrogen) atoms. The maximum absolute atomic E-state index is 13.6. The Hall–Kier alpha value is -3.29. The van der Waals surface area contributed by atoms with Crippen LogP contribution in [0.3, 0.4) is 0 Å². The highest BCUT2D eigenvalue weighted by Gasteiger charge is 2.33. The van der Waals surface area contributed by atoms with Crippen LogP contribution in [0.2, 0.25) is 10.0 Å². The first-order valence-electron chi connectivity index (χ1n) is 10.6. The first-order chi connectivity index (χ1) is 16.1. The van der Waals surface area contributed by atoms with Crippen molar-refractivity contribution in [2.75, 3.05) is 22.9 Å². The molecule has 176 valence electrons. The number of anilines is 2. The monoisotopic (exact) mass is 499 g/mol. The van der Waals surface area contributed by atoms with Gasteiger partial charge in [0, 0.05) is 36.6 Å². The number of benzene rings is 2. The molecule has 4 rings (SSSR count). The molecule has 0 fully saturated rings. The van der Waals surface area contributed by atoms with Gasteiger partial charge in [-0.05, 0) is 51.1 Å². The van der Waals surface area contributed by atoms with E-state index in [1.165, 1.54) is 17.3 Å². The summed E-state index contributed by atoms with van der Waals surface area (Å²) in [6.07, 6.45) is 2.51. The fourth-order valence-corrected chi connectivity index (χ4v) is 3.85. The number of aromatic nitrogens is 1. The molecule has 0 aliphatic carbocycles. The van der Waals surface area contributed by atoms with Gasteiger partial charge in [-0.1, -0.05) is 35.3 Å². The maximum Gasteiger partial charge on any atom is 0.414 e. The van der Waals surface area contributed by atoms with Crippen molar-refractivity contribution in [2.45, 2.75) is 26.4 Å². The van der Waals surface area contributed by atoms with E-state index in [2.05, 4.69) is 4.98 Å². The van der Waals surface area contributed by atoms with E-state index in [4.69, 9.17) is 32.7 Å². The Morgan fingerprint density at radius 1 is 0.941 bits per heavy atom. The van der Waals surface area contributed by atoms with Crippen LogP contribution < -0.4 is 14.5 Å². The number of amides is 2. The van der Waals surface area contributed by atoms with Gasteiger partial charge >= 0.3 is 6.09 Å². The van der Waals surface area contributed by atoms with Crippen LogP contribution in [-0.2, 0) is 4.74 Å². The molecule has 7 nitrogen and oxygen atoms in total. The van der Waals surface area contributed by atoms with E-state index in [-0.39, 0.29) is 30.3 Å². The van der Waals surface area contributed by atoms with Gasteiger partial charge in [-0.15, -0.1) is 0 Å². The zero-order valence-electron chi connectivity index (χ0n) is 18.9. The quantitative estimate of drug-likeness (QED) is 0.406. The molecule has 0 radical (unpaired) electrons. The Labute approximate surface area is 207 Å². The van der Waals surface area contributed by atoms with E-state index in [1.54, 1.807) is 41.3 Å². The average molecular weight is 500 g/mol. The van der Waals surface area contributed by atoms with Gasteiger partial charge in [0.2, 0.25) is 0 Å². The highest BCUT2D eigenvalue weighted by molar-refractivity contribution is 6.34. The fraction of sp³-hybridized carbons (Fsp3) is 0.240. The van der Waals surface area contributed by atoms with Crippen LogP contribution in [0.4, 0.5) is 16.2 Å². The van der Waals surface area contributed by atoms with Crippen LogP contribution in [-0.4, -0.2) is 35.7 Å². The summed E-state index contributed by atoms with van der Waals surface area (Å²) in [5, 5.41) is 0.810. The molecule has 1 aliphatic rings. The predicted octanol–water partition coefficient (Wildman–Crippen LogP) is 6.58. The van der Waals surface area contributed by atoms with Gasteiger partial charge in [0.05, 0.1) is 16.4 Å². The standard InChI is InChI=1S/C25H23Cl2N3O4/c1-25(2,3)34-24(32)30-13-12-29(19-6-4-5-7-20(19)30)23(31)17-15-28-11-10-21(17)33-22-14-16(26)8-9-18(22)27/h4-11,14-15H,12-13H2,1-3H3. The van der Waals surface area contributed by atoms with Crippen molar-refractivity contribution in [3.8, 4) is 11.5 Å². The van der Waals surface area contributed by atoms with Crippen LogP contribution in [0, 0.1) is 0 Å². The number of pyridine rings is 1. The molecule has 0 spiro atoms. The van der Waals surface area contributed by atoms with E-state index in [1.807, 2.05) is 32.9 Å². The van der Waals surface area contributed by atoms with Gasteiger partial charge < -0.3 is 14.4 Å². The predicted molar refractivity (Wildman–Crippen MR) is 132 cm³/mol. The first-order valence-corrected chi connectivity index (χ1v) is 11.4. The normalized spacial score (nSPS) is 13.3. The highest BCUT2D eigenvalue weighted by Crippen LogP contribution is 2.37. The molecule has 0 N–H and O–H groups in total. The Morgan fingerprint density at radius 2 is 1.62 bits per heavy atom. The molecule has 0 saturated heterocycles. The summed E-state index contributed by atoms with van der Waals surface area (Å²) in [5.74, 6) is 0.290. The molecule has 2 amide bonds. The van der Waals surface area contributed by atoms with E-state index in [0.29, 0.717) is 27.2 Å². The minimum Gasteiger partial charge on any atom is -0.455 e. The third-order valence-electron chi connectivity index (χ3n) is 4.99. The van der Waals surface area contributed by atoms with Crippen molar-refractivity contribution in [3.63, 3.8) is 0 Å². The van der Waals surface area contributed by atoms with Crippen molar-refractivity contribution in [1.29, 1.82) is 0 Å². The Balaban J connectivity index is 1.66. The first kappa shape index (κ1) is 23.9. The lowest BCUT2D eigenvalue weighted by atomic mass is 10.1. The van der Waals surface area contributed by atoms with Crippen LogP contribution in [0.1, 0.15) is 31.1 Å². The summed E-state index contributed by atoms with van der Waals surface area (Å²) >= 11 is 12.3. The SMILES string of the molecule is CC(C)(C)OC(=O)N1CCN(C(=O)c2cnccc2Oc2cc(Cl)ccc2Cl)c2ccccc21. The van der Waals surface area contributed by atoms with E-state index in [9.17, 15) is 9.59 Å². The summed E-state index contributed by atoms with van der Waals surface area (Å²) in [6, 6.07) is 13.6. The van der Waals surface area contributed by atoms with Gasteiger partial charge in [-0.3, -0.25) is 14.7 Å². The molecule has 2 heterocycles. The number of halogens is 2. The average Bonchev–Trinajstić information content (AvgIpc) is 2.79. The molecule has 0 atom stereocenters. The van der Waals surface area contributed by atoms with Crippen LogP contribution in [0.25, 0.3) is 0 Å². The lowest BCUT2D eigenvalue weighted by Crippen LogP contribution is -2.48. The number of ether oxygens (including phenoxy) is 2. The minimum atomic E-state index is -0.636. The second kappa shape index (κ2) is 9.52. The van der Waals surface area contributed by atoms with Crippen molar-refractivity contribution in [3.05, 3.63) is 76.5 Å². The number of hydrogen-bond donors (Lipinski definition) is 0. The smallest absolute Gasteiger partial charge is 0.414 e. The second-order valence-corrected chi connectivity index (χ2v) is 9.47. The van der Waals surface area contributed by atoms with Crippen molar-refractivity contribution >= 4 is 46.6 Å². The molecule has 0 bridgehead atoms.